The summed E-state index contributed by atoms with van der Waals surface area (Å²) in [4.78, 5) is 20.0. The molecule has 1 atom stereocenters. The van der Waals surface area contributed by atoms with Crippen LogP contribution in [0.5, 0.6) is 5.75 Å². The maximum atomic E-state index is 5.96. The van der Waals surface area contributed by atoms with Crippen molar-refractivity contribution in [1.29, 1.82) is 0 Å². The molecule has 0 radical (unpaired) electrons. The second kappa shape index (κ2) is 9.01. The summed E-state index contributed by atoms with van der Waals surface area (Å²) in [7, 11) is 1.86. The van der Waals surface area contributed by atoms with Crippen molar-refractivity contribution >= 4 is 28.8 Å². The number of aromatic nitrogens is 9. The van der Waals surface area contributed by atoms with Crippen molar-refractivity contribution in [3.63, 3.8) is 0 Å². The average molecular weight is 457 g/mol. The summed E-state index contributed by atoms with van der Waals surface area (Å²) < 4.78 is 14.8. The van der Waals surface area contributed by atoms with Gasteiger partial charge in [-0.1, -0.05) is 5.21 Å². The van der Waals surface area contributed by atoms with E-state index >= 15 is 0 Å². The van der Waals surface area contributed by atoms with E-state index in [1.165, 1.54) is 0 Å². The van der Waals surface area contributed by atoms with Gasteiger partial charge < -0.3 is 14.4 Å². The average Bonchev–Trinajstić information content (AvgIpc) is 3.44. The molecule has 4 aromatic rings. The van der Waals surface area contributed by atoms with Gasteiger partial charge in [0.2, 0.25) is 11.6 Å². The van der Waals surface area contributed by atoms with Crippen molar-refractivity contribution in [2.24, 2.45) is 7.05 Å². The van der Waals surface area contributed by atoms with Crippen LogP contribution in [0.3, 0.4) is 0 Å². The van der Waals surface area contributed by atoms with Crippen LogP contribution in [0.25, 0.3) is 22.6 Å². The predicted octanol–water partition coefficient (Wildman–Crippen LogP) is 0.935. The zero-order valence-electron chi connectivity index (χ0n) is 17.4. The van der Waals surface area contributed by atoms with Crippen LogP contribution >= 0.6 is 11.6 Å². The van der Waals surface area contributed by atoms with Crippen molar-refractivity contribution in [1.82, 2.24) is 44.7 Å². The summed E-state index contributed by atoms with van der Waals surface area (Å²) in [6.45, 7) is 2.76. The Kier molecular flexibility index (Phi) is 5.77. The van der Waals surface area contributed by atoms with E-state index in [1.807, 2.05) is 13.2 Å². The molecule has 5 rings (SSSR count). The highest BCUT2D eigenvalue weighted by Crippen LogP contribution is 2.19. The Labute approximate surface area is 188 Å². The van der Waals surface area contributed by atoms with E-state index in [0.717, 1.165) is 5.56 Å². The molecular weight excluding hydrogens is 436 g/mol. The number of nitrogens with zero attached hydrogens (tertiary/aromatic N) is 10. The van der Waals surface area contributed by atoms with Crippen LogP contribution in [0.1, 0.15) is 0 Å². The van der Waals surface area contributed by atoms with E-state index in [-0.39, 0.29) is 6.10 Å². The third-order valence-electron chi connectivity index (χ3n) is 4.99. The molecule has 1 fully saturated rings. The van der Waals surface area contributed by atoms with Crippen molar-refractivity contribution in [2.75, 3.05) is 37.1 Å². The minimum Gasteiger partial charge on any atom is -0.489 e. The van der Waals surface area contributed by atoms with Gasteiger partial charge in [0.05, 0.1) is 55.6 Å². The highest BCUT2D eigenvalue weighted by Gasteiger charge is 2.24. The summed E-state index contributed by atoms with van der Waals surface area (Å²) in [6, 6.07) is 0. The van der Waals surface area contributed by atoms with Crippen molar-refractivity contribution < 1.29 is 9.47 Å². The first-order chi connectivity index (χ1) is 15.7. The van der Waals surface area contributed by atoms with Crippen LogP contribution in [0.15, 0.2) is 31.0 Å². The minimum atomic E-state index is -0.131. The largest absolute Gasteiger partial charge is 0.489 e. The summed E-state index contributed by atoms with van der Waals surface area (Å²) in [5.74, 6) is 1.63. The van der Waals surface area contributed by atoms with E-state index in [9.17, 15) is 0 Å². The lowest BCUT2D eigenvalue weighted by atomic mass is 10.2. The van der Waals surface area contributed by atoms with Crippen LogP contribution in [-0.2, 0) is 18.3 Å². The van der Waals surface area contributed by atoms with Gasteiger partial charge in [-0.15, -0.1) is 16.7 Å². The first-order valence-electron chi connectivity index (χ1n) is 10.1. The van der Waals surface area contributed by atoms with Crippen molar-refractivity contribution in [3.8, 4) is 17.0 Å². The molecule has 0 N–H and O–H groups in total. The maximum Gasteiger partial charge on any atom is 0.225 e. The lowest BCUT2D eigenvalue weighted by Crippen LogP contribution is -2.45. The molecular formula is C19H21ClN10O2. The molecule has 1 unspecified atom stereocenters. The van der Waals surface area contributed by atoms with Gasteiger partial charge >= 0.3 is 0 Å². The number of aryl methyl sites for hydroxylation is 1. The van der Waals surface area contributed by atoms with Gasteiger partial charge in [0.15, 0.2) is 11.4 Å². The van der Waals surface area contributed by atoms with E-state index < -0.39 is 0 Å². The summed E-state index contributed by atoms with van der Waals surface area (Å²) >= 11 is 5.64. The Morgan fingerprint density at radius 1 is 1.19 bits per heavy atom. The fraction of sp³-hybridized carbons (Fsp3) is 0.421. The highest BCUT2D eigenvalue weighted by atomic mass is 35.5. The minimum absolute atomic E-state index is 0.131. The number of alkyl halides is 1. The smallest absolute Gasteiger partial charge is 0.225 e. The number of hydrogen-bond donors (Lipinski definition) is 0. The number of anilines is 1. The predicted molar refractivity (Wildman–Crippen MR) is 116 cm³/mol. The van der Waals surface area contributed by atoms with Gasteiger partial charge in [-0.2, -0.15) is 5.10 Å². The third-order valence-corrected chi connectivity index (χ3v) is 5.14. The number of hydrogen-bond acceptors (Lipinski definition) is 10. The number of fused-ring (bicyclic) bond motifs is 1. The molecule has 1 aliphatic heterocycles. The molecule has 0 amide bonds. The molecule has 0 bridgehead atoms. The molecule has 166 valence electrons. The summed E-state index contributed by atoms with van der Waals surface area (Å²) in [6.07, 6.45) is 8.48. The fourth-order valence-electron chi connectivity index (χ4n) is 3.48. The molecule has 5 heterocycles. The fourth-order valence-corrected chi connectivity index (χ4v) is 3.56. The zero-order chi connectivity index (χ0) is 21.9. The summed E-state index contributed by atoms with van der Waals surface area (Å²) in [5.41, 5.74) is 2.68. The molecule has 1 saturated heterocycles. The van der Waals surface area contributed by atoms with Gasteiger partial charge in [0.25, 0.3) is 0 Å². The second-order valence-corrected chi connectivity index (χ2v) is 7.65. The first kappa shape index (κ1) is 20.5. The first-order valence-corrected chi connectivity index (χ1v) is 10.7. The number of halogens is 1. The monoisotopic (exact) mass is 456 g/mol. The van der Waals surface area contributed by atoms with Gasteiger partial charge in [-0.3, -0.25) is 4.68 Å². The van der Waals surface area contributed by atoms with Gasteiger partial charge in [0, 0.05) is 31.9 Å². The number of rotatable bonds is 7. The van der Waals surface area contributed by atoms with Crippen molar-refractivity contribution in [2.45, 2.75) is 12.6 Å². The van der Waals surface area contributed by atoms with Crippen LogP contribution in [0, 0.1) is 0 Å². The normalized spacial score (nSPS) is 16.6. The lowest BCUT2D eigenvalue weighted by molar-refractivity contribution is 0.0272. The molecule has 0 aliphatic carbocycles. The Bertz CT molecular complexity index is 1190. The van der Waals surface area contributed by atoms with Gasteiger partial charge in [0.1, 0.15) is 6.61 Å². The molecule has 4 aromatic heterocycles. The highest BCUT2D eigenvalue weighted by molar-refractivity contribution is 6.18. The Morgan fingerprint density at radius 3 is 2.84 bits per heavy atom. The van der Waals surface area contributed by atoms with E-state index in [4.69, 9.17) is 26.1 Å². The standard InChI is InChI=1S/C19H21ClN10O2/c1-28-10-13(6-24-28)16-9-21-17-18(25-16)30(27-26-17)12-15-11-29(3-5-32-15)19-22-7-14(8-23-19)31-4-2-20/h6-10,15H,2-5,11-12H2,1H3. The zero-order valence-corrected chi connectivity index (χ0v) is 18.1. The van der Waals surface area contributed by atoms with E-state index in [1.54, 1.807) is 34.2 Å². The molecule has 1 aliphatic rings. The van der Waals surface area contributed by atoms with E-state index in [0.29, 0.717) is 67.4 Å². The Hall–Kier alpha value is -3.38. The molecule has 12 nitrogen and oxygen atoms in total. The van der Waals surface area contributed by atoms with Crippen LogP contribution < -0.4 is 9.64 Å². The molecule has 0 saturated carbocycles. The quantitative estimate of drug-likeness (QED) is 0.371. The molecule has 13 heteroatoms. The lowest BCUT2D eigenvalue weighted by Gasteiger charge is -2.32. The Balaban J connectivity index is 1.30. The Morgan fingerprint density at radius 2 is 2.06 bits per heavy atom. The van der Waals surface area contributed by atoms with Crippen LogP contribution in [0.2, 0.25) is 0 Å². The molecule has 32 heavy (non-hydrogen) atoms. The van der Waals surface area contributed by atoms with E-state index in [2.05, 4.69) is 35.3 Å². The third kappa shape index (κ3) is 4.32. The second-order valence-electron chi connectivity index (χ2n) is 7.27. The van der Waals surface area contributed by atoms with Gasteiger partial charge in [-0.25, -0.2) is 24.6 Å². The topological polar surface area (TPSA) is 122 Å². The van der Waals surface area contributed by atoms with Crippen LogP contribution in [0.4, 0.5) is 5.95 Å². The molecule has 0 spiro atoms. The number of morpholine rings is 1. The maximum absolute atomic E-state index is 5.96. The SMILES string of the molecule is Cn1cc(-c2cnc3nnn(CC4CN(c5ncc(OCCCl)cn5)CCO4)c3n2)cn1. The van der Waals surface area contributed by atoms with Gasteiger partial charge in [-0.05, 0) is 0 Å². The van der Waals surface area contributed by atoms with Crippen molar-refractivity contribution in [3.05, 3.63) is 31.0 Å². The summed E-state index contributed by atoms with van der Waals surface area (Å²) in [5, 5.41) is 12.6. The number of ether oxygens (including phenoxy) is 2. The molecule has 0 aromatic carbocycles. The van der Waals surface area contributed by atoms with Crippen LogP contribution in [-0.4, -0.2) is 83.0 Å².